The molecule has 0 fully saturated rings. The molecule has 1 aromatic rings. The Hall–Kier alpha value is -1.47. The first-order valence-corrected chi connectivity index (χ1v) is 5.91. The van der Waals surface area contributed by atoms with Crippen LogP contribution in [0.3, 0.4) is 0 Å². The van der Waals surface area contributed by atoms with E-state index in [9.17, 15) is 14.0 Å². The summed E-state index contributed by atoms with van der Waals surface area (Å²) in [6, 6.07) is 4.04. The Labute approximate surface area is 112 Å². The zero-order chi connectivity index (χ0) is 13.7. The zero-order valence-electron chi connectivity index (χ0n) is 9.54. The van der Waals surface area contributed by atoms with Crippen LogP contribution in [-0.4, -0.2) is 29.6 Å². The molecular formula is C11H12BrFN2O3. The molecule has 98 valence electrons. The van der Waals surface area contributed by atoms with E-state index in [-0.39, 0.29) is 12.2 Å². The number of carbonyl (C=O) groups is 2. The molecule has 7 heteroatoms. The Morgan fingerprint density at radius 1 is 1.44 bits per heavy atom. The number of halogens is 2. The molecule has 0 heterocycles. The second-order valence-electron chi connectivity index (χ2n) is 3.64. The van der Waals surface area contributed by atoms with Gasteiger partial charge in [0.2, 0.25) is 0 Å². The maximum absolute atomic E-state index is 13.4. The number of benzene rings is 1. The molecule has 0 bridgehead atoms. The highest BCUT2D eigenvalue weighted by Crippen LogP contribution is 2.19. The molecule has 5 nitrogen and oxygen atoms in total. The number of anilines is 1. The molecule has 0 saturated heterocycles. The molecule has 0 saturated carbocycles. The number of amides is 2. The lowest BCUT2D eigenvalue weighted by Crippen LogP contribution is -2.38. The number of aliphatic hydroxyl groups is 1. The quantitative estimate of drug-likeness (QED) is 0.728. The van der Waals surface area contributed by atoms with Crippen molar-refractivity contribution in [2.24, 2.45) is 0 Å². The minimum absolute atomic E-state index is 0.0466. The van der Waals surface area contributed by atoms with Gasteiger partial charge in [-0.1, -0.05) is 15.9 Å². The van der Waals surface area contributed by atoms with Crippen molar-refractivity contribution in [2.45, 2.75) is 13.0 Å². The molecule has 0 aliphatic heterocycles. The minimum Gasteiger partial charge on any atom is -0.392 e. The van der Waals surface area contributed by atoms with E-state index >= 15 is 0 Å². The van der Waals surface area contributed by atoms with Crippen LogP contribution >= 0.6 is 15.9 Å². The van der Waals surface area contributed by atoms with E-state index in [0.29, 0.717) is 4.47 Å². The van der Waals surface area contributed by atoms with E-state index in [0.717, 1.165) is 0 Å². The Balaban J connectivity index is 2.61. The molecule has 0 spiro atoms. The Morgan fingerprint density at radius 3 is 2.67 bits per heavy atom. The molecule has 1 rings (SSSR count). The van der Waals surface area contributed by atoms with Crippen LogP contribution in [0, 0.1) is 5.82 Å². The summed E-state index contributed by atoms with van der Waals surface area (Å²) in [7, 11) is 0. The van der Waals surface area contributed by atoms with E-state index in [4.69, 9.17) is 5.11 Å². The smallest absolute Gasteiger partial charge is 0.313 e. The summed E-state index contributed by atoms with van der Waals surface area (Å²) in [5.74, 6) is -2.57. The van der Waals surface area contributed by atoms with Crippen molar-refractivity contribution in [1.82, 2.24) is 5.32 Å². The molecule has 1 atom stereocenters. The van der Waals surface area contributed by atoms with Crippen LogP contribution in [0.4, 0.5) is 10.1 Å². The van der Waals surface area contributed by atoms with Gasteiger partial charge in [-0.3, -0.25) is 9.59 Å². The first kappa shape index (κ1) is 14.6. The zero-order valence-corrected chi connectivity index (χ0v) is 11.1. The normalized spacial score (nSPS) is 11.8. The lowest BCUT2D eigenvalue weighted by atomic mass is 10.3. The van der Waals surface area contributed by atoms with Gasteiger partial charge >= 0.3 is 11.8 Å². The molecule has 18 heavy (non-hydrogen) atoms. The molecule has 3 N–H and O–H groups in total. The number of aliphatic hydroxyl groups excluding tert-OH is 1. The second-order valence-corrected chi connectivity index (χ2v) is 4.55. The van der Waals surface area contributed by atoms with E-state index < -0.39 is 23.7 Å². The molecule has 0 aromatic heterocycles. The van der Waals surface area contributed by atoms with Crippen molar-refractivity contribution in [3.8, 4) is 0 Å². The lowest BCUT2D eigenvalue weighted by molar-refractivity contribution is -0.136. The third-order valence-electron chi connectivity index (χ3n) is 1.94. The standard InChI is InChI=1S/C11H12BrFN2O3/c1-6(16)5-14-10(17)11(18)15-9-3-2-7(12)4-8(9)13/h2-4,6,16H,5H2,1H3,(H,14,17)(H,15,18)/t6-/m1/s1. The maximum atomic E-state index is 13.4. The van der Waals surface area contributed by atoms with Crippen molar-refractivity contribution >= 4 is 33.4 Å². The van der Waals surface area contributed by atoms with Crippen molar-refractivity contribution in [1.29, 1.82) is 0 Å². The summed E-state index contributed by atoms with van der Waals surface area (Å²) >= 11 is 3.07. The topological polar surface area (TPSA) is 78.4 Å². The second kappa shape index (κ2) is 6.46. The highest BCUT2D eigenvalue weighted by atomic mass is 79.9. The average molecular weight is 319 g/mol. The number of hydrogen-bond acceptors (Lipinski definition) is 3. The van der Waals surface area contributed by atoms with Gasteiger partial charge in [0.25, 0.3) is 0 Å². The third-order valence-corrected chi connectivity index (χ3v) is 2.44. The largest absolute Gasteiger partial charge is 0.392 e. The summed E-state index contributed by atoms with van der Waals surface area (Å²) in [5.41, 5.74) is -0.0876. The number of carbonyl (C=O) groups excluding carboxylic acids is 2. The lowest BCUT2D eigenvalue weighted by Gasteiger charge is -2.08. The number of rotatable bonds is 3. The summed E-state index contributed by atoms with van der Waals surface area (Å²) in [6.45, 7) is 1.42. The van der Waals surface area contributed by atoms with Gasteiger partial charge in [0.05, 0.1) is 11.8 Å². The predicted molar refractivity (Wildman–Crippen MR) is 67.4 cm³/mol. The van der Waals surface area contributed by atoms with Crippen molar-refractivity contribution < 1.29 is 19.1 Å². The summed E-state index contributed by atoms with van der Waals surface area (Å²) in [4.78, 5) is 22.6. The van der Waals surface area contributed by atoms with Crippen LogP contribution in [0.15, 0.2) is 22.7 Å². The van der Waals surface area contributed by atoms with Crippen LogP contribution in [-0.2, 0) is 9.59 Å². The van der Waals surface area contributed by atoms with Crippen molar-refractivity contribution in [3.63, 3.8) is 0 Å². The van der Waals surface area contributed by atoms with Crippen molar-refractivity contribution in [3.05, 3.63) is 28.5 Å². The van der Waals surface area contributed by atoms with Crippen molar-refractivity contribution in [2.75, 3.05) is 11.9 Å². The van der Waals surface area contributed by atoms with Gasteiger partial charge in [-0.15, -0.1) is 0 Å². The monoisotopic (exact) mass is 318 g/mol. The fourth-order valence-electron chi connectivity index (χ4n) is 1.09. The summed E-state index contributed by atoms with van der Waals surface area (Å²) < 4.78 is 13.9. The molecule has 0 aliphatic carbocycles. The van der Waals surface area contributed by atoms with Crippen LogP contribution in [0.1, 0.15) is 6.92 Å². The number of nitrogens with one attached hydrogen (secondary N) is 2. The van der Waals surface area contributed by atoms with E-state index in [1.807, 2.05) is 0 Å². The van der Waals surface area contributed by atoms with Crippen LogP contribution < -0.4 is 10.6 Å². The average Bonchev–Trinajstić information content (AvgIpc) is 2.29. The van der Waals surface area contributed by atoms with Crippen LogP contribution in [0.5, 0.6) is 0 Å². The van der Waals surface area contributed by atoms with Gasteiger partial charge in [0.15, 0.2) is 0 Å². The summed E-state index contributed by atoms with van der Waals surface area (Å²) in [5, 5.41) is 13.3. The molecule has 0 radical (unpaired) electrons. The molecular weight excluding hydrogens is 307 g/mol. The minimum atomic E-state index is -0.989. The fraction of sp³-hybridized carbons (Fsp3) is 0.273. The first-order chi connectivity index (χ1) is 8.40. The van der Waals surface area contributed by atoms with Gasteiger partial charge in [-0.2, -0.15) is 0 Å². The fourth-order valence-corrected chi connectivity index (χ4v) is 1.42. The van der Waals surface area contributed by atoms with Crippen LogP contribution in [0.25, 0.3) is 0 Å². The highest BCUT2D eigenvalue weighted by molar-refractivity contribution is 9.10. The highest BCUT2D eigenvalue weighted by Gasteiger charge is 2.15. The molecule has 0 aliphatic rings. The molecule has 2 amide bonds. The van der Waals surface area contributed by atoms with E-state index in [2.05, 4.69) is 26.6 Å². The van der Waals surface area contributed by atoms with Gasteiger partial charge in [-0.25, -0.2) is 4.39 Å². The Morgan fingerprint density at radius 2 is 2.11 bits per heavy atom. The van der Waals surface area contributed by atoms with Gasteiger partial charge in [0, 0.05) is 11.0 Å². The van der Waals surface area contributed by atoms with E-state index in [1.54, 1.807) is 0 Å². The van der Waals surface area contributed by atoms with Gasteiger partial charge in [-0.05, 0) is 25.1 Å². The Kier molecular flexibility index (Phi) is 5.24. The van der Waals surface area contributed by atoms with Gasteiger partial charge in [0.1, 0.15) is 5.82 Å². The maximum Gasteiger partial charge on any atom is 0.313 e. The van der Waals surface area contributed by atoms with Crippen LogP contribution in [0.2, 0.25) is 0 Å². The third kappa shape index (κ3) is 4.42. The number of hydrogen-bond donors (Lipinski definition) is 3. The first-order valence-electron chi connectivity index (χ1n) is 5.12. The SMILES string of the molecule is C[C@@H](O)CNC(=O)C(=O)Nc1ccc(Br)cc1F. The summed E-state index contributed by atoms with van der Waals surface area (Å²) in [6.07, 6.45) is -0.758. The molecule has 1 aromatic carbocycles. The van der Waals surface area contributed by atoms with E-state index in [1.165, 1.54) is 25.1 Å². The predicted octanol–water partition coefficient (Wildman–Crippen LogP) is 1.02. The Bertz CT molecular complexity index is 466. The molecule has 0 unspecified atom stereocenters. The van der Waals surface area contributed by atoms with Gasteiger partial charge < -0.3 is 15.7 Å².